The smallest absolute Gasteiger partial charge is 0.339 e. The highest BCUT2D eigenvalue weighted by atomic mass is 19.4. The highest BCUT2D eigenvalue weighted by Gasteiger charge is 2.29. The fourth-order valence-electron chi connectivity index (χ4n) is 2.58. The zero-order valence-corrected chi connectivity index (χ0v) is 14.9. The summed E-state index contributed by atoms with van der Waals surface area (Å²) < 4.78 is 37.8. The fourth-order valence-corrected chi connectivity index (χ4v) is 2.58. The van der Waals surface area contributed by atoms with Crippen LogP contribution in [0.4, 0.5) is 30.4 Å². The second-order valence-electron chi connectivity index (χ2n) is 5.87. The molecule has 0 radical (unpaired) electrons. The summed E-state index contributed by atoms with van der Waals surface area (Å²) in [4.78, 5) is 22.5. The van der Waals surface area contributed by atoms with Gasteiger partial charge in [0.2, 0.25) is 0 Å². The van der Waals surface area contributed by atoms with Gasteiger partial charge >= 0.3 is 6.18 Å². The van der Waals surface area contributed by atoms with E-state index < -0.39 is 11.7 Å². The van der Waals surface area contributed by atoms with Crippen LogP contribution in [0.15, 0.2) is 67.0 Å². The van der Waals surface area contributed by atoms with Gasteiger partial charge in [-0.05, 0) is 43.3 Å². The molecular formula is C20H17F3N4O. The van der Waals surface area contributed by atoms with E-state index >= 15 is 0 Å². The first-order chi connectivity index (χ1) is 13.4. The molecule has 5 nitrogen and oxygen atoms in total. The number of aromatic nitrogens is 2. The van der Waals surface area contributed by atoms with Crippen LogP contribution in [-0.2, 0) is 6.18 Å². The van der Waals surface area contributed by atoms with E-state index in [0.717, 1.165) is 17.8 Å². The highest BCUT2D eigenvalue weighted by molar-refractivity contribution is 6.04. The first kappa shape index (κ1) is 19.3. The van der Waals surface area contributed by atoms with Gasteiger partial charge in [-0.1, -0.05) is 18.2 Å². The highest BCUT2D eigenvalue weighted by Crippen LogP contribution is 2.30. The minimum absolute atomic E-state index is 0.170. The largest absolute Gasteiger partial charge is 0.416 e. The molecule has 0 fully saturated rings. The molecule has 28 heavy (non-hydrogen) atoms. The van der Waals surface area contributed by atoms with Gasteiger partial charge in [-0.25, -0.2) is 9.97 Å². The average molecular weight is 386 g/mol. The van der Waals surface area contributed by atoms with Crippen LogP contribution in [0.25, 0.3) is 0 Å². The molecule has 0 unspecified atom stereocenters. The summed E-state index contributed by atoms with van der Waals surface area (Å²) >= 11 is 0. The molecule has 0 aliphatic heterocycles. The van der Waals surface area contributed by atoms with Crippen molar-refractivity contribution in [3.05, 3.63) is 78.2 Å². The molecule has 0 aliphatic rings. The van der Waals surface area contributed by atoms with Crippen molar-refractivity contribution >= 4 is 23.1 Å². The topological polar surface area (TPSA) is 58.1 Å². The second kappa shape index (κ2) is 8.08. The number of hydrogen-bond acceptors (Lipinski definition) is 4. The molecule has 1 amide bonds. The number of rotatable bonds is 5. The summed E-state index contributed by atoms with van der Waals surface area (Å²) in [5, 5.41) is 2.86. The van der Waals surface area contributed by atoms with E-state index in [2.05, 4.69) is 15.3 Å². The van der Waals surface area contributed by atoms with Crippen LogP contribution < -0.4 is 10.2 Å². The Kier molecular flexibility index (Phi) is 5.58. The Labute approximate surface area is 159 Å². The lowest BCUT2D eigenvalue weighted by Crippen LogP contribution is -2.31. The van der Waals surface area contributed by atoms with Gasteiger partial charge in [-0.2, -0.15) is 13.2 Å². The molecule has 1 N–H and O–H groups in total. The van der Waals surface area contributed by atoms with E-state index in [0.29, 0.717) is 18.1 Å². The Bertz CT molecular complexity index is 926. The number of alkyl halides is 3. The van der Waals surface area contributed by atoms with E-state index in [9.17, 15) is 18.0 Å². The van der Waals surface area contributed by atoms with Crippen LogP contribution in [0.2, 0.25) is 0 Å². The minimum atomic E-state index is -4.38. The van der Waals surface area contributed by atoms with E-state index in [1.165, 1.54) is 24.5 Å². The summed E-state index contributed by atoms with van der Waals surface area (Å²) in [6.07, 6.45) is -1.69. The average Bonchev–Trinajstić information content (AvgIpc) is 2.69. The van der Waals surface area contributed by atoms with Crippen molar-refractivity contribution < 1.29 is 18.0 Å². The third kappa shape index (κ3) is 4.46. The molecule has 0 saturated carbocycles. The SMILES string of the molecule is CCN(C(=O)c1cnc(Nc2ccc(C(F)(F)F)cc2)cn1)c1ccccc1. The summed E-state index contributed by atoms with van der Waals surface area (Å²) in [6.45, 7) is 2.33. The summed E-state index contributed by atoms with van der Waals surface area (Å²) in [5.74, 6) is 0.0290. The van der Waals surface area contributed by atoms with Crippen molar-refractivity contribution in [3.63, 3.8) is 0 Å². The van der Waals surface area contributed by atoms with Gasteiger partial charge in [-0.3, -0.25) is 4.79 Å². The van der Waals surface area contributed by atoms with Gasteiger partial charge in [0, 0.05) is 17.9 Å². The van der Waals surface area contributed by atoms with Crippen molar-refractivity contribution in [2.75, 3.05) is 16.8 Å². The molecule has 8 heteroatoms. The Balaban J connectivity index is 1.71. The lowest BCUT2D eigenvalue weighted by Gasteiger charge is -2.20. The molecule has 1 heterocycles. The van der Waals surface area contributed by atoms with Gasteiger partial charge in [-0.15, -0.1) is 0 Å². The van der Waals surface area contributed by atoms with Crippen molar-refractivity contribution in [2.24, 2.45) is 0 Å². The van der Waals surface area contributed by atoms with Crippen molar-refractivity contribution in [2.45, 2.75) is 13.1 Å². The number of anilines is 3. The van der Waals surface area contributed by atoms with E-state index in [4.69, 9.17) is 0 Å². The number of carbonyl (C=O) groups excluding carboxylic acids is 1. The predicted octanol–water partition coefficient (Wildman–Crippen LogP) is 4.91. The van der Waals surface area contributed by atoms with Crippen molar-refractivity contribution in [3.8, 4) is 0 Å². The van der Waals surface area contributed by atoms with Crippen LogP contribution in [0.1, 0.15) is 23.0 Å². The quantitative estimate of drug-likeness (QED) is 0.677. The Hall–Kier alpha value is -3.42. The van der Waals surface area contributed by atoms with Crippen molar-refractivity contribution in [1.29, 1.82) is 0 Å². The molecule has 0 atom stereocenters. The maximum absolute atomic E-state index is 12.7. The van der Waals surface area contributed by atoms with Gasteiger partial charge in [0.1, 0.15) is 11.5 Å². The van der Waals surface area contributed by atoms with Gasteiger partial charge in [0.05, 0.1) is 18.0 Å². The van der Waals surface area contributed by atoms with Gasteiger partial charge in [0.25, 0.3) is 5.91 Å². The number of nitrogens with zero attached hydrogens (tertiary/aromatic N) is 3. The Morgan fingerprint density at radius 1 is 1.00 bits per heavy atom. The summed E-state index contributed by atoms with van der Waals surface area (Å²) in [5.41, 5.74) is 0.624. The van der Waals surface area contributed by atoms with Gasteiger partial charge in [0.15, 0.2) is 0 Å². The molecule has 1 aromatic heterocycles. The number of para-hydroxylation sites is 1. The molecule has 0 saturated heterocycles. The molecular weight excluding hydrogens is 369 g/mol. The lowest BCUT2D eigenvalue weighted by atomic mass is 10.2. The van der Waals surface area contributed by atoms with Crippen molar-refractivity contribution in [1.82, 2.24) is 9.97 Å². The normalized spacial score (nSPS) is 11.1. The Morgan fingerprint density at radius 3 is 2.21 bits per heavy atom. The van der Waals surface area contributed by atoms with Crippen LogP contribution in [0.5, 0.6) is 0 Å². The lowest BCUT2D eigenvalue weighted by molar-refractivity contribution is -0.137. The molecule has 0 aliphatic carbocycles. The molecule has 2 aromatic carbocycles. The standard InChI is InChI=1S/C20H17F3N4O/c1-2-27(16-6-4-3-5-7-16)19(28)17-12-25-18(13-24-17)26-15-10-8-14(9-11-15)20(21,22)23/h3-13H,2H2,1H3,(H,25,26). The predicted molar refractivity (Wildman–Crippen MR) is 101 cm³/mol. The molecule has 3 aromatic rings. The molecule has 0 bridgehead atoms. The number of halogens is 3. The van der Waals surface area contributed by atoms with Gasteiger partial charge < -0.3 is 10.2 Å². The zero-order chi connectivity index (χ0) is 20.1. The van der Waals surface area contributed by atoms with Crippen LogP contribution in [-0.4, -0.2) is 22.4 Å². The first-order valence-electron chi connectivity index (χ1n) is 8.51. The fraction of sp³-hybridized carbons (Fsp3) is 0.150. The summed E-state index contributed by atoms with van der Waals surface area (Å²) in [6, 6.07) is 13.8. The molecule has 3 rings (SSSR count). The van der Waals surface area contributed by atoms with E-state index in [1.54, 1.807) is 4.90 Å². The van der Waals surface area contributed by atoms with Crippen LogP contribution in [0, 0.1) is 0 Å². The maximum Gasteiger partial charge on any atom is 0.416 e. The monoisotopic (exact) mass is 386 g/mol. The van der Waals surface area contributed by atoms with Crippen LogP contribution >= 0.6 is 0 Å². The number of carbonyl (C=O) groups is 1. The zero-order valence-electron chi connectivity index (χ0n) is 14.9. The maximum atomic E-state index is 12.7. The number of amides is 1. The third-order valence-corrected chi connectivity index (χ3v) is 3.98. The molecule has 144 valence electrons. The number of hydrogen-bond donors (Lipinski definition) is 1. The Morgan fingerprint density at radius 2 is 1.68 bits per heavy atom. The summed E-state index contributed by atoms with van der Waals surface area (Å²) in [7, 11) is 0. The van der Waals surface area contributed by atoms with E-state index in [1.807, 2.05) is 37.3 Å². The van der Waals surface area contributed by atoms with E-state index in [-0.39, 0.29) is 11.6 Å². The second-order valence-corrected chi connectivity index (χ2v) is 5.87. The number of benzene rings is 2. The third-order valence-electron chi connectivity index (χ3n) is 3.98. The first-order valence-corrected chi connectivity index (χ1v) is 8.51. The number of nitrogens with one attached hydrogen (secondary N) is 1. The molecule has 0 spiro atoms. The van der Waals surface area contributed by atoms with Crippen LogP contribution in [0.3, 0.4) is 0 Å². The minimum Gasteiger partial charge on any atom is -0.339 e.